The first-order chi connectivity index (χ1) is 8.22. The SMILES string of the molecule is CNC(CO)CCN(C)CC1CC2CCC1C2. The highest BCUT2D eigenvalue weighted by molar-refractivity contribution is 4.91. The molecule has 2 bridgehead atoms. The molecule has 3 nitrogen and oxygen atoms in total. The standard InChI is InChI=1S/C14H28N2O/c1-15-14(10-17)5-6-16(2)9-13-8-11-3-4-12(13)7-11/h11-15,17H,3-10H2,1-2H3. The molecule has 0 radical (unpaired) electrons. The number of rotatable bonds is 7. The summed E-state index contributed by atoms with van der Waals surface area (Å²) in [4.78, 5) is 2.46. The molecule has 100 valence electrons. The van der Waals surface area contributed by atoms with Crippen molar-refractivity contribution in [2.24, 2.45) is 17.8 Å². The van der Waals surface area contributed by atoms with E-state index in [2.05, 4.69) is 17.3 Å². The third kappa shape index (κ3) is 3.43. The van der Waals surface area contributed by atoms with E-state index in [0.29, 0.717) is 0 Å². The fourth-order valence-corrected chi connectivity index (χ4v) is 3.79. The number of hydrogen-bond donors (Lipinski definition) is 2. The van der Waals surface area contributed by atoms with Crippen molar-refractivity contribution in [2.45, 2.75) is 38.1 Å². The van der Waals surface area contributed by atoms with Crippen molar-refractivity contribution in [1.82, 2.24) is 10.2 Å². The summed E-state index contributed by atoms with van der Waals surface area (Å²) in [5.74, 6) is 3.04. The number of nitrogens with one attached hydrogen (secondary N) is 1. The predicted molar refractivity (Wildman–Crippen MR) is 71.0 cm³/mol. The van der Waals surface area contributed by atoms with Gasteiger partial charge in [0.25, 0.3) is 0 Å². The molecule has 2 aliphatic carbocycles. The molecular formula is C14H28N2O. The first-order valence-electron chi connectivity index (χ1n) is 7.19. The monoisotopic (exact) mass is 240 g/mol. The van der Waals surface area contributed by atoms with Crippen LogP contribution in [0.5, 0.6) is 0 Å². The van der Waals surface area contributed by atoms with Crippen molar-refractivity contribution >= 4 is 0 Å². The van der Waals surface area contributed by atoms with Crippen LogP contribution in [0, 0.1) is 17.8 Å². The molecule has 2 N–H and O–H groups in total. The molecule has 3 heteroatoms. The van der Waals surface area contributed by atoms with Crippen molar-refractivity contribution < 1.29 is 5.11 Å². The van der Waals surface area contributed by atoms with E-state index in [0.717, 1.165) is 30.7 Å². The Kier molecular flexibility index (Phi) is 4.83. The summed E-state index contributed by atoms with van der Waals surface area (Å²) in [6.07, 6.45) is 7.01. The lowest BCUT2D eigenvalue weighted by molar-refractivity contribution is 0.193. The summed E-state index contributed by atoms with van der Waals surface area (Å²) in [5.41, 5.74) is 0. The Bertz CT molecular complexity index is 230. The Morgan fingerprint density at radius 1 is 1.35 bits per heavy atom. The van der Waals surface area contributed by atoms with Crippen LogP contribution in [0.25, 0.3) is 0 Å². The van der Waals surface area contributed by atoms with E-state index in [1.165, 1.54) is 32.2 Å². The summed E-state index contributed by atoms with van der Waals surface area (Å²) in [6, 6.07) is 0.262. The van der Waals surface area contributed by atoms with Crippen molar-refractivity contribution in [2.75, 3.05) is 33.8 Å². The third-order valence-corrected chi connectivity index (χ3v) is 4.92. The molecule has 0 aromatic heterocycles. The second kappa shape index (κ2) is 6.17. The molecule has 17 heavy (non-hydrogen) atoms. The Hall–Kier alpha value is -0.120. The molecule has 0 amide bonds. The largest absolute Gasteiger partial charge is 0.395 e. The fourth-order valence-electron chi connectivity index (χ4n) is 3.79. The molecule has 2 saturated carbocycles. The van der Waals surface area contributed by atoms with E-state index < -0.39 is 0 Å². The number of aliphatic hydroxyl groups excluding tert-OH is 1. The summed E-state index contributed by atoms with van der Waals surface area (Å²) in [7, 11) is 4.16. The van der Waals surface area contributed by atoms with Gasteiger partial charge in [-0.2, -0.15) is 0 Å². The van der Waals surface area contributed by atoms with Crippen LogP contribution in [0.15, 0.2) is 0 Å². The second-order valence-electron chi connectivity index (χ2n) is 6.15. The number of aliphatic hydroxyl groups is 1. The maximum atomic E-state index is 9.13. The number of likely N-dealkylation sites (N-methyl/N-ethyl adjacent to an activating group) is 1. The molecule has 2 rings (SSSR count). The predicted octanol–water partition coefficient (Wildman–Crippen LogP) is 1.32. The lowest BCUT2D eigenvalue weighted by Crippen LogP contribution is -2.35. The van der Waals surface area contributed by atoms with Crippen LogP contribution in [-0.4, -0.2) is 49.8 Å². The second-order valence-corrected chi connectivity index (χ2v) is 6.15. The van der Waals surface area contributed by atoms with Crippen LogP contribution in [0.4, 0.5) is 0 Å². The van der Waals surface area contributed by atoms with E-state index in [1.54, 1.807) is 0 Å². The van der Waals surface area contributed by atoms with Gasteiger partial charge in [-0.3, -0.25) is 0 Å². The molecule has 4 atom stereocenters. The first-order valence-corrected chi connectivity index (χ1v) is 7.19. The van der Waals surface area contributed by atoms with Crippen molar-refractivity contribution in [3.05, 3.63) is 0 Å². The summed E-state index contributed by atoms with van der Waals surface area (Å²) >= 11 is 0. The molecule has 2 aliphatic rings. The molecule has 0 aromatic rings. The van der Waals surface area contributed by atoms with Gasteiger partial charge in [-0.1, -0.05) is 6.42 Å². The minimum atomic E-state index is 0.248. The molecule has 0 aliphatic heterocycles. The zero-order chi connectivity index (χ0) is 12.3. The zero-order valence-corrected chi connectivity index (χ0v) is 11.4. The number of nitrogens with zero attached hydrogens (tertiary/aromatic N) is 1. The van der Waals surface area contributed by atoms with Gasteiger partial charge in [0.2, 0.25) is 0 Å². The summed E-state index contributed by atoms with van der Waals surface area (Å²) in [5, 5.41) is 12.3. The zero-order valence-electron chi connectivity index (χ0n) is 11.4. The molecule has 2 fully saturated rings. The molecular weight excluding hydrogens is 212 g/mol. The molecule has 4 unspecified atom stereocenters. The highest BCUT2D eigenvalue weighted by Gasteiger charge is 2.39. The quantitative estimate of drug-likeness (QED) is 0.704. The highest BCUT2D eigenvalue weighted by atomic mass is 16.3. The van der Waals surface area contributed by atoms with Crippen LogP contribution >= 0.6 is 0 Å². The highest BCUT2D eigenvalue weighted by Crippen LogP contribution is 2.48. The third-order valence-electron chi connectivity index (χ3n) is 4.92. The Morgan fingerprint density at radius 2 is 2.18 bits per heavy atom. The number of fused-ring (bicyclic) bond motifs is 2. The fraction of sp³-hybridized carbons (Fsp3) is 1.00. The van der Waals surface area contributed by atoms with Gasteiger partial charge < -0.3 is 15.3 Å². The van der Waals surface area contributed by atoms with Gasteiger partial charge in [0, 0.05) is 12.6 Å². The van der Waals surface area contributed by atoms with Gasteiger partial charge in [0.1, 0.15) is 0 Å². The van der Waals surface area contributed by atoms with Gasteiger partial charge in [-0.25, -0.2) is 0 Å². The van der Waals surface area contributed by atoms with Gasteiger partial charge >= 0.3 is 0 Å². The minimum Gasteiger partial charge on any atom is -0.395 e. The van der Waals surface area contributed by atoms with E-state index in [1.807, 2.05) is 7.05 Å². The molecule has 0 aromatic carbocycles. The smallest absolute Gasteiger partial charge is 0.0585 e. The summed E-state index contributed by atoms with van der Waals surface area (Å²) in [6.45, 7) is 2.61. The van der Waals surface area contributed by atoms with E-state index >= 15 is 0 Å². The van der Waals surface area contributed by atoms with E-state index in [9.17, 15) is 0 Å². The van der Waals surface area contributed by atoms with Gasteiger partial charge in [-0.05, 0) is 64.1 Å². The van der Waals surface area contributed by atoms with Crippen LogP contribution in [0.1, 0.15) is 32.1 Å². The van der Waals surface area contributed by atoms with Gasteiger partial charge in [0.15, 0.2) is 0 Å². The first kappa shape index (κ1) is 13.3. The number of hydrogen-bond acceptors (Lipinski definition) is 3. The minimum absolute atomic E-state index is 0.248. The molecule has 0 spiro atoms. The molecule has 0 heterocycles. The van der Waals surface area contributed by atoms with Crippen molar-refractivity contribution in [3.63, 3.8) is 0 Å². The van der Waals surface area contributed by atoms with Crippen LogP contribution in [0.2, 0.25) is 0 Å². The lowest BCUT2D eigenvalue weighted by Gasteiger charge is -2.28. The Morgan fingerprint density at radius 3 is 2.71 bits per heavy atom. The van der Waals surface area contributed by atoms with E-state index in [4.69, 9.17) is 5.11 Å². The lowest BCUT2D eigenvalue weighted by atomic mass is 9.88. The average Bonchev–Trinajstić information content (AvgIpc) is 2.92. The maximum Gasteiger partial charge on any atom is 0.0585 e. The van der Waals surface area contributed by atoms with Crippen molar-refractivity contribution in [1.29, 1.82) is 0 Å². The van der Waals surface area contributed by atoms with Crippen molar-refractivity contribution in [3.8, 4) is 0 Å². The van der Waals surface area contributed by atoms with Gasteiger partial charge in [0.05, 0.1) is 6.61 Å². The van der Waals surface area contributed by atoms with E-state index in [-0.39, 0.29) is 12.6 Å². The van der Waals surface area contributed by atoms with Gasteiger partial charge in [-0.15, -0.1) is 0 Å². The topological polar surface area (TPSA) is 35.5 Å². The van der Waals surface area contributed by atoms with Crippen LogP contribution in [-0.2, 0) is 0 Å². The summed E-state index contributed by atoms with van der Waals surface area (Å²) < 4.78 is 0. The molecule has 0 saturated heterocycles. The normalized spacial score (nSPS) is 33.5. The Labute approximate surface area is 106 Å². The van der Waals surface area contributed by atoms with Crippen LogP contribution in [0.3, 0.4) is 0 Å². The Balaban J connectivity index is 1.65. The maximum absolute atomic E-state index is 9.13. The average molecular weight is 240 g/mol. The van der Waals surface area contributed by atoms with Crippen LogP contribution < -0.4 is 5.32 Å².